The van der Waals surface area contributed by atoms with Gasteiger partial charge in [0.25, 0.3) is 0 Å². The van der Waals surface area contributed by atoms with Gasteiger partial charge in [0.15, 0.2) is 0 Å². The van der Waals surface area contributed by atoms with Crippen molar-refractivity contribution < 1.29 is 14.3 Å². The molecule has 0 spiro atoms. The van der Waals surface area contributed by atoms with E-state index in [9.17, 15) is 9.59 Å². The molecule has 0 aliphatic rings. The van der Waals surface area contributed by atoms with Gasteiger partial charge in [-0.25, -0.2) is 4.79 Å². The Morgan fingerprint density at radius 3 is 2.04 bits per heavy atom. The zero-order valence-electron chi connectivity index (χ0n) is 14.3. The minimum absolute atomic E-state index is 0. The zero-order valence-corrected chi connectivity index (χ0v) is 15.1. The first kappa shape index (κ1) is 25.7. The van der Waals surface area contributed by atoms with E-state index >= 15 is 0 Å². The van der Waals surface area contributed by atoms with Crippen LogP contribution in [0.3, 0.4) is 0 Å². The predicted molar refractivity (Wildman–Crippen MR) is 101 cm³/mol. The van der Waals surface area contributed by atoms with Crippen LogP contribution in [0.4, 0.5) is 0 Å². The second-order valence-electron chi connectivity index (χ2n) is 5.76. The van der Waals surface area contributed by atoms with Crippen molar-refractivity contribution >= 4 is 53.3 Å². The van der Waals surface area contributed by atoms with Gasteiger partial charge >= 0.3 is 41.5 Å². The molecule has 0 saturated carbocycles. The van der Waals surface area contributed by atoms with Crippen molar-refractivity contribution in [3.63, 3.8) is 0 Å². The summed E-state index contributed by atoms with van der Waals surface area (Å²) in [7, 11) is 0. The number of ether oxygens (including phenoxy) is 1. The van der Waals surface area contributed by atoms with E-state index in [-0.39, 0.29) is 29.6 Å². The van der Waals surface area contributed by atoms with Gasteiger partial charge in [0.2, 0.25) is 0 Å². The SMILES string of the molecule is CCCCCCCCCCCC(=O)OC(=O)C(N)CCSC.[NaH]. The van der Waals surface area contributed by atoms with Crippen LogP contribution in [0.1, 0.15) is 77.6 Å². The summed E-state index contributed by atoms with van der Waals surface area (Å²) in [6, 6.07) is -0.681. The van der Waals surface area contributed by atoms with Gasteiger partial charge in [0.1, 0.15) is 6.04 Å². The van der Waals surface area contributed by atoms with Crippen LogP contribution in [-0.4, -0.2) is 59.5 Å². The first-order chi connectivity index (χ1) is 10.6. The Labute approximate surface area is 168 Å². The molecule has 1 atom stereocenters. The number of esters is 2. The number of unbranched alkanes of at least 4 members (excludes halogenated alkanes) is 8. The van der Waals surface area contributed by atoms with Gasteiger partial charge in [-0.3, -0.25) is 4.79 Å². The Morgan fingerprint density at radius 2 is 1.52 bits per heavy atom. The van der Waals surface area contributed by atoms with Crippen molar-refractivity contribution in [1.82, 2.24) is 0 Å². The molecule has 0 aromatic rings. The number of hydrogen-bond donors (Lipinski definition) is 1. The predicted octanol–water partition coefficient (Wildman–Crippen LogP) is 3.41. The summed E-state index contributed by atoms with van der Waals surface area (Å²) in [4.78, 5) is 23.1. The Bertz CT molecular complexity index is 304. The molecule has 0 heterocycles. The van der Waals surface area contributed by atoms with E-state index in [4.69, 9.17) is 10.5 Å². The molecule has 0 saturated heterocycles. The molecule has 0 radical (unpaired) electrons. The molecule has 1 unspecified atom stereocenters. The number of thioether (sulfide) groups is 1. The van der Waals surface area contributed by atoms with Gasteiger partial charge in [-0.05, 0) is 24.9 Å². The van der Waals surface area contributed by atoms with Gasteiger partial charge in [-0.2, -0.15) is 11.8 Å². The van der Waals surface area contributed by atoms with Crippen molar-refractivity contribution in [3.05, 3.63) is 0 Å². The van der Waals surface area contributed by atoms with Crippen molar-refractivity contribution in [2.75, 3.05) is 12.0 Å². The molecule has 4 nitrogen and oxygen atoms in total. The Morgan fingerprint density at radius 1 is 1.00 bits per heavy atom. The third-order valence-corrected chi connectivity index (χ3v) is 4.28. The molecule has 23 heavy (non-hydrogen) atoms. The number of carbonyl (C=O) groups is 2. The fourth-order valence-corrected chi connectivity index (χ4v) is 2.67. The molecule has 0 aromatic carbocycles. The molecule has 0 rings (SSSR count). The molecular weight excluding hydrogens is 321 g/mol. The van der Waals surface area contributed by atoms with E-state index in [0.717, 1.165) is 25.0 Å². The summed E-state index contributed by atoms with van der Waals surface area (Å²) in [5, 5.41) is 0. The monoisotopic (exact) mass is 355 g/mol. The van der Waals surface area contributed by atoms with Crippen LogP contribution in [0.5, 0.6) is 0 Å². The quantitative estimate of drug-likeness (QED) is 0.224. The molecule has 2 N–H and O–H groups in total. The first-order valence-corrected chi connectivity index (χ1v) is 10.00. The van der Waals surface area contributed by atoms with Gasteiger partial charge in [-0.1, -0.05) is 58.3 Å². The molecule has 0 amide bonds. The minimum atomic E-state index is -0.681. The van der Waals surface area contributed by atoms with E-state index in [1.807, 2.05) is 6.26 Å². The fourth-order valence-electron chi connectivity index (χ4n) is 2.18. The summed E-state index contributed by atoms with van der Waals surface area (Å²) in [5.41, 5.74) is 5.66. The molecular formula is C17H34NNaO3S. The Balaban J connectivity index is 0. The van der Waals surface area contributed by atoms with E-state index in [1.165, 1.54) is 38.5 Å². The van der Waals surface area contributed by atoms with E-state index in [1.54, 1.807) is 11.8 Å². The summed E-state index contributed by atoms with van der Waals surface area (Å²) >= 11 is 1.62. The van der Waals surface area contributed by atoms with Crippen molar-refractivity contribution in [2.45, 2.75) is 83.6 Å². The van der Waals surface area contributed by atoms with E-state index in [2.05, 4.69) is 6.92 Å². The van der Waals surface area contributed by atoms with Crippen LogP contribution < -0.4 is 5.73 Å². The average molecular weight is 356 g/mol. The molecule has 6 heteroatoms. The number of nitrogens with two attached hydrogens (primary N) is 1. The van der Waals surface area contributed by atoms with Crippen molar-refractivity contribution in [2.24, 2.45) is 5.73 Å². The molecule has 0 aliphatic heterocycles. The summed E-state index contributed by atoms with van der Waals surface area (Å²) in [6.07, 6.45) is 13.6. The molecule has 0 aromatic heterocycles. The zero-order chi connectivity index (χ0) is 16.6. The van der Waals surface area contributed by atoms with Crippen LogP contribution in [0.2, 0.25) is 0 Å². The van der Waals surface area contributed by atoms with Crippen LogP contribution >= 0.6 is 11.8 Å². The van der Waals surface area contributed by atoms with Gasteiger partial charge in [0, 0.05) is 6.42 Å². The van der Waals surface area contributed by atoms with Crippen LogP contribution in [0.25, 0.3) is 0 Å². The summed E-state index contributed by atoms with van der Waals surface area (Å²) < 4.78 is 4.77. The Kier molecular flexibility index (Phi) is 21.0. The topological polar surface area (TPSA) is 69.4 Å². The summed E-state index contributed by atoms with van der Waals surface area (Å²) in [6.45, 7) is 2.22. The standard InChI is InChI=1S/C17H33NO3S.Na.H/c1-3-4-5-6-7-8-9-10-11-12-16(19)21-17(20)15(18)13-14-22-2;;/h15H,3-14,18H2,1-2H3;;. The first-order valence-electron chi connectivity index (χ1n) is 8.60. The Hall–Kier alpha value is 0.450. The van der Waals surface area contributed by atoms with E-state index < -0.39 is 18.0 Å². The average Bonchev–Trinajstić information content (AvgIpc) is 2.50. The van der Waals surface area contributed by atoms with Gasteiger partial charge < -0.3 is 10.5 Å². The fraction of sp³-hybridized carbons (Fsp3) is 0.882. The van der Waals surface area contributed by atoms with E-state index in [0.29, 0.717) is 12.8 Å². The number of hydrogen-bond acceptors (Lipinski definition) is 5. The molecule has 0 fully saturated rings. The van der Waals surface area contributed by atoms with Crippen molar-refractivity contribution in [1.29, 1.82) is 0 Å². The maximum atomic E-state index is 11.5. The maximum absolute atomic E-state index is 11.5. The van der Waals surface area contributed by atoms with Crippen molar-refractivity contribution in [3.8, 4) is 0 Å². The van der Waals surface area contributed by atoms with Gasteiger partial charge in [-0.15, -0.1) is 0 Å². The number of carbonyl (C=O) groups excluding carboxylic acids is 2. The molecule has 0 aliphatic carbocycles. The normalized spacial score (nSPS) is 11.6. The molecule has 0 bridgehead atoms. The third kappa shape index (κ3) is 17.1. The number of rotatable bonds is 14. The van der Waals surface area contributed by atoms with Crippen LogP contribution in [-0.2, 0) is 14.3 Å². The summed E-state index contributed by atoms with van der Waals surface area (Å²) in [5.74, 6) is -0.231. The van der Waals surface area contributed by atoms with Crippen LogP contribution in [0.15, 0.2) is 0 Å². The van der Waals surface area contributed by atoms with Crippen LogP contribution in [0, 0.1) is 0 Å². The van der Waals surface area contributed by atoms with Gasteiger partial charge in [0.05, 0.1) is 0 Å². The second kappa shape index (κ2) is 18.8. The third-order valence-electron chi connectivity index (χ3n) is 3.63. The second-order valence-corrected chi connectivity index (χ2v) is 6.75. The molecule has 132 valence electrons.